The number of benzene rings is 2. The van der Waals surface area contributed by atoms with Crippen LogP contribution in [-0.4, -0.2) is 23.0 Å². The molecule has 144 valence electrons. The number of aromatic nitrogens is 2. The molecule has 28 heavy (non-hydrogen) atoms. The van der Waals surface area contributed by atoms with Gasteiger partial charge in [0.1, 0.15) is 23.6 Å². The number of amides is 1. The SMILES string of the molecule is COc1ccc(CNc2cc(C(=O)Nc3c(C)cc(C)cc3Cl)ncn2)cc1. The minimum Gasteiger partial charge on any atom is -0.497 e. The van der Waals surface area contributed by atoms with Crippen molar-refractivity contribution in [2.24, 2.45) is 0 Å². The van der Waals surface area contributed by atoms with Gasteiger partial charge >= 0.3 is 0 Å². The van der Waals surface area contributed by atoms with E-state index in [-0.39, 0.29) is 11.6 Å². The predicted molar refractivity (Wildman–Crippen MR) is 111 cm³/mol. The first-order valence-electron chi connectivity index (χ1n) is 8.73. The van der Waals surface area contributed by atoms with Crippen LogP contribution in [0, 0.1) is 13.8 Å². The average Bonchev–Trinajstić information content (AvgIpc) is 2.69. The number of carbonyl (C=O) groups excluding carboxylic acids is 1. The molecule has 1 heterocycles. The maximum Gasteiger partial charge on any atom is 0.274 e. The van der Waals surface area contributed by atoms with Crippen molar-refractivity contribution in [2.45, 2.75) is 20.4 Å². The van der Waals surface area contributed by atoms with E-state index in [4.69, 9.17) is 16.3 Å². The fourth-order valence-electron chi connectivity index (χ4n) is 2.77. The molecule has 6 nitrogen and oxygen atoms in total. The minimum absolute atomic E-state index is 0.253. The third-order valence-electron chi connectivity index (χ3n) is 4.20. The Labute approximate surface area is 168 Å². The molecule has 3 rings (SSSR count). The number of hydrogen-bond donors (Lipinski definition) is 2. The predicted octanol–water partition coefficient (Wildman–Crippen LogP) is 4.62. The highest BCUT2D eigenvalue weighted by molar-refractivity contribution is 6.34. The van der Waals surface area contributed by atoms with Gasteiger partial charge in [0.05, 0.1) is 17.8 Å². The van der Waals surface area contributed by atoms with Gasteiger partial charge in [-0.05, 0) is 48.7 Å². The van der Waals surface area contributed by atoms with Crippen molar-refractivity contribution in [3.63, 3.8) is 0 Å². The lowest BCUT2D eigenvalue weighted by Crippen LogP contribution is -2.16. The van der Waals surface area contributed by atoms with E-state index < -0.39 is 0 Å². The molecule has 0 atom stereocenters. The lowest BCUT2D eigenvalue weighted by atomic mass is 10.1. The van der Waals surface area contributed by atoms with Gasteiger partial charge in [-0.3, -0.25) is 4.79 Å². The maximum absolute atomic E-state index is 12.6. The van der Waals surface area contributed by atoms with Crippen molar-refractivity contribution in [1.82, 2.24) is 9.97 Å². The Morgan fingerprint density at radius 3 is 2.54 bits per heavy atom. The monoisotopic (exact) mass is 396 g/mol. The summed E-state index contributed by atoms with van der Waals surface area (Å²) >= 11 is 6.27. The van der Waals surface area contributed by atoms with Crippen molar-refractivity contribution >= 4 is 29.0 Å². The Kier molecular flexibility index (Phi) is 6.11. The number of nitrogens with zero attached hydrogens (tertiary/aromatic N) is 2. The number of methoxy groups -OCH3 is 1. The normalized spacial score (nSPS) is 10.4. The number of hydrogen-bond acceptors (Lipinski definition) is 5. The van der Waals surface area contributed by atoms with Crippen molar-refractivity contribution in [2.75, 3.05) is 17.7 Å². The highest BCUT2D eigenvalue weighted by Crippen LogP contribution is 2.27. The second kappa shape index (κ2) is 8.71. The number of nitrogens with one attached hydrogen (secondary N) is 2. The smallest absolute Gasteiger partial charge is 0.274 e. The standard InChI is InChI=1S/C21H21ClN4O2/c1-13-8-14(2)20(17(22)9-13)26-21(27)18-10-19(25-12-24-18)23-11-15-4-6-16(28-3)7-5-15/h4-10,12H,11H2,1-3H3,(H,26,27)(H,23,24,25). The zero-order valence-electron chi connectivity index (χ0n) is 15.9. The zero-order valence-corrected chi connectivity index (χ0v) is 16.7. The van der Waals surface area contributed by atoms with Crippen LogP contribution in [0.4, 0.5) is 11.5 Å². The Bertz CT molecular complexity index is 967. The molecule has 0 unspecified atom stereocenters. The molecule has 0 radical (unpaired) electrons. The van der Waals surface area contributed by atoms with Gasteiger partial charge in [0.15, 0.2) is 0 Å². The highest BCUT2D eigenvalue weighted by atomic mass is 35.5. The summed E-state index contributed by atoms with van der Waals surface area (Å²) < 4.78 is 5.15. The quantitative estimate of drug-likeness (QED) is 0.635. The third-order valence-corrected chi connectivity index (χ3v) is 4.50. The molecular weight excluding hydrogens is 376 g/mol. The van der Waals surface area contributed by atoms with E-state index in [0.717, 1.165) is 22.4 Å². The van der Waals surface area contributed by atoms with E-state index in [9.17, 15) is 4.79 Å². The van der Waals surface area contributed by atoms with Crippen LogP contribution in [0.2, 0.25) is 5.02 Å². The van der Waals surface area contributed by atoms with Gasteiger partial charge in [0.25, 0.3) is 5.91 Å². The van der Waals surface area contributed by atoms with Crippen LogP contribution in [-0.2, 0) is 6.54 Å². The number of ether oxygens (including phenoxy) is 1. The first-order valence-corrected chi connectivity index (χ1v) is 9.11. The Hall–Kier alpha value is -3.12. The van der Waals surface area contributed by atoms with Gasteiger partial charge < -0.3 is 15.4 Å². The molecule has 2 N–H and O–H groups in total. The summed E-state index contributed by atoms with van der Waals surface area (Å²) in [6.07, 6.45) is 1.36. The topological polar surface area (TPSA) is 76.1 Å². The van der Waals surface area contributed by atoms with Crippen LogP contribution in [0.15, 0.2) is 48.8 Å². The van der Waals surface area contributed by atoms with E-state index >= 15 is 0 Å². The zero-order chi connectivity index (χ0) is 20.1. The number of carbonyl (C=O) groups is 1. The molecular formula is C21H21ClN4O2. The van der Waals surface area contributed by atoms with Crippen molar-refractivity contribution < 1.29 is 9.53 Å². The molecule has 7 heteroatoms. The van der Waals surface area contributed by atoms with Crippen LogP contribution >= 0.6 is 11.6 Å². The van der Waals surface area contributed by atoms with Gasteiger partial charge in [0.2, 0.25) is 0 Å². The summed E-state index contributed by atoms with van der Waals surface area (Å²) in [6, 6.07) is 13.1. The molecule has 1 aromatic heterocycles. The van der Waals surface area contributed by atoms with Gasteiger partial charge in [-0.15, -0.1) is 0 Å². The summed E-state index contributed by atoms with van der Waals surface area (Å²) in [6.45, 7) is 4.41. The summed E-state index contributed by atoms with van der Waals surface area (Å²) in [4.78, 5) is 20.8. The molecule has 0 saturated heterocycles. The molecule has 3 aromatic rings. The second-order valence-corrected chi connectivity index (χ2v) is 6.79. The molecule has 0 saturated carbocycles. The molecule has 0 fully saturated rings. The third kappa shape index (κ3) is 4.78. The maximum atomic E-state index is 12.6. The largest absolute Gasteiger partial charge is 0.497 e. The van der Waals surface area contributed by atoms with Crippen LogP contribution in [0.25, 0.3) is 0 Å². The van der Waals surface area contributed by atoms with Gasteiger partial charge in [-0.1, -0.05) is 29.8 Å². The van der Waals surface area contributed by atoms with Gasteiger partial charge in [0, 0.05) is 12.6 Å². The molecule has 0 bridgehead atoms. The van der Waals surface area contributed by atoms with Crippen molar-refractivity contribution in [3.05, 3.63) is 76.2 Å². The summed E-state index contributed by atoms with van der Waals surface area (Å²) in [5, 5.41) is 6.52. The molecule has 0 aliphatic heterocycles. The first kappa shape index (κ1) is 19.6. The fourth-order valence-corrected chi connectivity index (χ4v) is 3.13. The lowest BCUT2D eigenvalue weighted by molar-refractivity contribution is 0.102. The number of aryl methyl sites for hydroxylation is 2. The summed E-state index contributed by atoms with van der Waals surface area (Å²) in [5.74, 6) is 1.02. The van der Waals surface area contributed by atoms with E-state index in [1.54, 1.807) is 13.2 Å². The summed E-state index contributed by atoms with van der Waals surface area (Å²) in [5.41, 5.74) is 3.83. The van der Waals surface area contributed by atoms with E-state index in [0.29, 0.717) is 23.1 Å². The fraction of sp³-hybridized carbons (Fsp3) is 0.190. The molecule has 0 aliphatic carbocycles. The minimum atomic E-state index is -0.344. The molecule has 0 aliphatic rings. The van der Waals surface area contributed by atoms with E-state index in [1.807, 2.05) is 50.2 Å². The number of rotatable bonds is 6. The van der Waals surface area contributed by atoms with Crippen molar-refractivity contribution in [3.8, 4) is 5.75 Å². The van der Waals surface area contributed by atoms with Crippen LogP contribution in [0.1, 0.15) is 27.2 Å². The van der Waals surface area contributed by atoms with Crippen LogP contribution in [0.5, 0.6) is 5.75 Å². The average molecular weight is 397 g/mol. The van der Waals surface area contributed by atoms with Crippen molar-refractivity contribution in [1.29, 1.82) is 0 Å². The Morgan fingerprint density at radius 1 is 1.11 bits per heavy atom. The molecule has 2 aromatic carbocycles. The lowest BCUT2D eigenvalue weighted by Gasteiger charge is -2.12. The van der Waals surface area contributed by atoms with E-state index in [1.165, 1.54) is 6.33 Å². The Morgan fingerprint density at radius 2 is 1.86 bits per heavy atom. The second-order valence-electron chi connectivity index (χ2n) is 6.38. The number of anilines is 2. The van der Waals surface area contributed by atoms with E-state index in [2.05, 4.69) is 20.6 Å². The first-order chi connectivity index (χ1) is 13.5. The summed E-state index contributed by atoms with van der Waals surface area (Å²) in [7, 11) is 1.63. The number of halogens is 1. The highest BCUT2D eigenvalue weighted by Gasteiger charge is 2.13. The van der Waals surface area contributed by atoms with Crippen LogP contribution in [0.3, 0.4) is 0 Å². The van der Waals surface area contributed by atoms with Crippen LogP contribution < -0.4 is 15.4 Å². The van der Waals surface area contributed by atoms with Gasteiger partial charge in [-0.2, -0.15) is 0 Å². The molecule has 0 spiro atoms. The molecule has 1 amide bonds. The Balaban J connectivity index is 1.69. The van der Waals surface area contributed by atoms with Gasteiger partial charge in [-0.25, -0.2) is 9.97 Å².